The van der Waals surface area contributed by atoms with E-state index in [-0.39, 0.29) is 34.4 Å². The van der Waals surface area contributed by atoms with E-state index in [1.54, 1.807) is 31.1 Å². The Bertz CT molecular complexity index is 2310. The zero-order chi connectivity index (χ0) is 38.2. The molecule has 4 heterocycles. The van der Waals surface area contributed by atoms with E-state index in [1.807, 2.05) is 27.6 Å². The second-order valence-electron chi connectivity index (χ2n) is 14.8. The number of anilines is 1. The van der Waals surface area contributed by atoms with Gasteiger partial charge in [-0.3, -0.25) is 28.5 Å². The number of rotatable bonds is 21. The molecule has 2 N–H and O–H groups in total. The van der Waals surface area contributed by atoms with Crippen LogP contribution in [0.3, 0.4) is 0 Å². The summed E-state index contributed by atoms with van der Waals surface area (Å²) >= 11 is 0. The molecule has 2 unspecified atom stereocenters. The van der Waals surface area contributed by atoms with Gasteiger partial charge in [0.1, 0.15) is 0 Å². The quantitative estimate of drug-likeness (QED) is 0.0621. The second kappa shape index (κ2) is 17.9. The van der Waals surface area contributed by atoms with Gasteiger partial charge in [0.15, 0.2) is 0 Å². The van der Waals surface area contributed by atoms with E-state index in [0.29, 0.717) is 82.9 Å². The van der Waals surface area contributed by atoms with Crippen LogP contribution in [0, 0.1) is 11.8 Å². The van der Waals surface area contributed by atoms with Crippen LogP contribution in [0.15, 0.2) is 69.0 Å². The Morgan fingerprint density at radius 1 is 0.741 bits per heavy atom. The lowest BCUT2D eigenvalue weighted by Crippen LogP contribution is -2.39. The zero-order valence-electron chi connectivity index (χ0n) is 32.4. The minimum atomic E-state index is -0.382. The van der Waals surface area contributed by atoms with Crippen molar-refractivity contribution in [2.24, 2.45) is 16.8 Å². The molecule has 2 aliphatic rings. The van der Waals surface area contributed by atoms with Gasteiger partial charge in [-0.05, 0) is 49.7 Å². The molecule has 6 rings (SSSR count). The summed E-state index contributed by atoms with van der Waals surface area (Å²) in [4.78, 5) is 57.2. The highest BCUT2D eigenvalue weighted by Crippen LogP contribution is 2.41. The summed E-state index contributed by atoms with van der Waals surface area (Å²) in [7, 11) is 0. The van der Waals surface area contributed by atoms with E-state index >= 15 is 0 Å². The van der Waals surface area contributed by atoms with E-state index in [0.717, 1.165) is 64.3 Å². The van der Waals surface area contributed by atoms with Crippen LogP contribution in [0.2, 0.25) is 0 Å². The Hall–Kier alpha value is -5.00. The first kappa shape index (κ1) is 38.7. The molecular weight excluding hydrogens is 681 g/mol. The molecule has 0 fully saturated rings. The van der Waals surface area contributed by atoms with Crippen molar-refractivity contribution < 1.29 is 5.11 Å². The van der Waals surface area contributed by atoms with Crippen molar-refractivity contribution >= 4 is 27.2 Å². The van der Waals surface area contributed by atoms with Crippen molar-refractivity contribution in [2.75, 3.05) is 18.4 Å². The third-order valence-corrected chi connectivity index (χ3v) is 11.1. The Kier molecular flexibility index (Phi) is 12.8. The first-order valence-corrected chi connectivity index (χ1v) is 20.1. The highest BCUT2D eigenvalue weighted by Gasteiger charge is 2.30. The van der Waals surface area contributed by atoms with Crippen LogP contribution in [0.4, 0.5) is 5.69 Å². The van der Waals surface area contributed by atoms with Crippen LogP contribution in [0.25, 0.3) is 32.7 Å². The minimum Gasteiger partial charge on any atom is -0.494 e. The number of pyridine rings is 2. The predicted octanol–water partition coefficient (Wildman–Crippen LogP) is 6.68. The van der Waals surface area contributed by atoms with Crippen LogP contribution in [0.5, 0.6) is 5.88 Å². The van der Waals surface area contributed by atoms with Gasteiger partial charge in [0, 0.05) is 86.1 Å². The summed E-state index contributed by atoms with van der Waals surface area (Å²) in [6.45, 7) is 11.6. The molecule has 0 spiro atoms. The minimum absolute atomic E-state index is 0.147. The third kappa shape index (κ3) is 8.07. The SMILES string of the molecule is CCCCC(CC)Cn1c(O)c2cc(NCCCn3ccnc3)c3c4c2c(c(=NCCCn2ccnc2)cc-4c(=O)n(CC(CC)CCCC)c3=O)c1=O. The summed E-state index contributed by atoms with van der Waals surface area (Å²) in [5.41, 5.74) is 0.198. The average molecular weight is 737 g/mol. The molecule has 4 aromatic rings. The molecule has 1 aliphatic carbocycles. The maximum absolute atomic E-state index is 14.7. The van der Waals surface area contributed by atoms with E-state index < -0.39 is 0 Å². The summed E-state index contributed by atoms with van der Waals surface area (Å²) in [6, 6.07) is 3.54. The number of imidazole rings is 2. The van der Waals surface area contributed by atoms with Gasteiger partial charge in [0.2, 0.25) is 5.88 Å². The number of nitrogens with zero attached hydrogens (tertiary/aromatic N) is 7. The maximum atomic E-state index is 14.7. The third-order valence-electron chi connectivity index (χ3n) is 11.1. The van der Waals surface area contributed by atoms with Gasteiger partial charge in [0.25, 0.3) is 16.7 Å². The van der Waals surface area contributed by atoms with E-state index in [1.165, 1.54) is 9.13 Å². The molecule has 288 valence electrons. The van der Waals surface area contributed by atoms with Crippen molar-refractivity contribution in [3.63, 3.8) is 0 Å². The van der Waals surface area contributed by atoms with Gasteiger partial charge in [-0.2, -0.15) is 0 Å². The van der Waals surface area contributed by atoms with Crippen LogP contribution >= 0.6 is 0 Å². The summed E-state index contributed by atoms with van der Waals surface area (Å²) in [6.07, 6.45) is 20.0. The number of benzene rings is 2. The lowest BCUT2D eigenvalue weighted by Gasteiger charge is -2.24. The average Bonchev–Trinajstić information content (AvgIpc) is 3.91. The Morgan fingerprint density at radius 3 is 1.94 bits per heavy atom. The molecule has 1 aromatic carbocycles. The normalized spacial score (nSPS) is 13.5. The van der Waals surface area contributed by atoms with Gasteiger partial charge >= 0.3 is 0 Å². The van der Waals surface area contributed by atoms with E-state index in [9.17, 15) is 19.5 Å². The topological polar surface area (TPSA) is 141 Å². The predicted molar refractivity (Wildman–Crippen MR) is 216 cm³/mol. The molecular formula is C42H56N8O4. The van der Waals surface area contributed by atoms with Gasteiger partial charge < -0.3 is 19.6 Å². The van der Waals surface area contributed by atoms with Crippen LogP contribution < -0.4 is 27.4 Å². The summed E-state index contributed by atoms with van der Waals surface area (Å²) < 4.78 is 6.88. The standard InChI is InChI=1S/C42H56N8O4/c1-5-9-13-29(7-3)25-49-39(51)31-23-34(46-16-12-20-48-22-18-44-28-48)38-36-32(40(52)50(42(38)54)26-30(8-4)14-10-6-2)24-33(37(35(31)36)41(49)53)45-15-11-19-47-21-17-43-27-47/h17-18,21-24,27-30,45,52H,5-16,19-20,25-26H2,1-4H3. The highest BCUT2D eigenvalue weighted by molar-refractivity contribution is 6.18. The number of hydrogen-bond acceptors (Lipinski definition) is 8. The number of unbranched alkanes of at least 4 members (excludes halogenated alkanes) is 2. The molecule has 0 amide bonds. The highest BCUT2D eigenvalue weighted by atomic mass is 16.3. The Labute approximate surface area is 316 Å². The van der Waals surface area contributed by atoms with Crippen LogP contribution in [0.1, 0.15) is 91.9 Å². The van der Waals surface area contributed by atoms with Gasteiger partial charge in [0.05, 0.1) is 34.3 Å². The molecule has 0 bridgehead atoms. The van der Waals surface area contributed by atoms with Gasteiger partial charge in [-0.25, -0.2) is 9.97 Å². The van der Waals surface area contributed by atoms with Crippen molar-refractivity contribution in [3.05, 3.63) is 86.0 Å². The molecule has 0 saturated heterocycles. The molecule has 12 heteroatoms. The van der Waals surface area contributed by atoms with Crippen molar-refractivity contribution in [1.82, 2.24) is 28.2 Å². The lowest BCUT2D eigenvalue weighted by molar-refractivity contribution is 0.344. The number of aromatic nitrogens is 6. The fourth-order valence-electron chi connectivity index (χ4n) is 7.88. The molecule has 3 aromatic heterocycles. The summed E-state index contributed by atoms with van der Waals surface area (Å²) in [5.74, 6) is 0.211. The maximum Gasteiger partial charge on any atom is 0.263 e. The molecule has 1 aliphatic heterocycles. The first-order chi connectivity index (χ1) is 26.3. The van der Waals surface area contributed by atoms with E-state index in [4.69, 9.17) is 4.99 Å². The van der Waals surface area contributed by atoms with Crippen LogP contribution in [-0.2, 0) is 26.2 Å². The molecule has 54 heavy (non-hydrogen) atoms. The van der Waals surface area contributed by atoms with Crippen LogP contribution in [-0.4, -0.2) is 46.4 Å². The Morgan fingerprint density at radius 2 is 1.35 bits per heavy atom. The second-order valence-corrected chi connectivity index (χ2v) is 14.8. The van der Waals surface area contributed by atoms with Crippen molar-refractivity contribution in [2.45, 2.75) is 118 Å². The van der Waals surface area contributed by atoms with Crippen molar-refractivity contribution in [3.8, 4) is 17.0 Å². The number of hydrogen-bond donors (Lipinski definition) is 2. The van der Waals surface area contributed by atoms with Gasteiger partial charge in [-0.1, -0.05) is 66.2 Å². The first-order valence-electron chi connectivity index (χ1n) is 20.1. The number of nitrogens with one attached hydrogen (secondary N) is 1. The van der Waals surface area contributed by atoms with E-state index in [2.05, 4.69) is 43.0 Å². The monoisotopic (exact) mass is 736 g/mol. The molecule has 0 saturated carbocycles. The van der Waals surface area contributed by atoms with Gasteiger partial charge in [-0.15, -0.1) is 0 Å². The summed E-state index contributed by atoms with van der Waals surface area (Å²) in [5, 5.41) is 17.6. The fraction of sp³-hybridized carbons (Fsp3) is 0.524. The number of aryl methyl sites for hydroxylation is 2. The smallest absolute Gasteiger partial charge is 0.263 e. The largest absolute Gasteiger partial charge is 0.494 e. The molecule has 2 atom stereocenters. The molecule has 12 nitrogen and oxygen atoms in total. The zero-order valence-corrected chi connectivity index (χ0v) is 32.4. The fourth-order valence-corrected chi connectivity index (χ4v) is 7.88. The lowest BCUT2D eigenvalue weighted by atomic mass is 9.89. The molecule has 0 radical (unpaired) electrons. The number of aromatic hydroxyl groups is 1. The van der Waals surface area contributed by atoms with Crippen molar-refractivity contribution in [1.29, 1.82) is 0 Å². The Balaban J connectivity index is 1.60.